The third kappa shape index (κ3) is 4.28. The molecule has 0 aromatic heterocycles. The normalized spacial score (nSPS) is 16.0. The summed E-state index contributed by atoms with van der Waals surface area (Å²) in [5.74, 6) is 0.382. The van der Waals surface area contributed by atoms with Crippen molar-refractivity contribution < 1.29 is 9.13 Å². The second-order valence-electron chi connectivity index (χ2n) is 4.46. The molecule has 1 aromatic carbocycles. The van der Waals surface area contributed by atoms with Gasteiger partial charge in [-0.15, -0.1) is 0 Å². The van der Waals surface area contributed by atoms with E-state index in [4.69, 9.17) is 22.1 Å². The topological polar surface area (TPSA) is 59.6 Å². The van der Waals surface area contributed by atoms with Gasteiger partial charge < -0.3 is 15.8 Å². The summed E-state index contributed by atoms with van der Waals surface area (Å²) in [4.78, 5) is 4.14. The molecule has 0 spiro atoms. The van der Waals surface area contributed by atoms with Gasteiger partial charge in [-0.25, -0.2) is 9.38 Å². The molecule has 1 aromatic rings. The van der Waals surface area contributed by atoms with E-state index in [-0.39, 0.29) is 5.02 Å². The van der Waals surface area contributed by atoms with Crippen LogP contribution in [0.3, 0.4) is 0 Å². The first-order valence-electron chi connectivity index (χ1n) is 6.29. The van der Waals surface area contributed by atoms with Gasteiger partial charge in [0.05, 0.1) is 11.6 Å². The van der Waals surface area contributed by atoms with Crippen LogP contribution in [0.15, 0.2) is 23.2 Å². The summed E-state index contributed by atoms with van der Waals surface area (Å²) >= 11 is 5.57. The Bertz CT molecular complexity index is 463. The number of benzene rings is 1. The Kier molecular flexibility index (Phi) is 4.85. The minimum absolute atomic E-state index is 0.0827. The number of hydrogen-bond donors (Lipinski definition) is 2. The van der Waals surface area contributed by atoms with Crippen LogP contribution in [0, 0.1) is 5.82 Å². The number of aliphatic imine (C=N–C) groups is 1. The molecule has 0 unspecified atom stereocenters. The quantitative estimate of drug-likeness (QED) is 0.496. The van der Waals surface area contributed by atoms with E-state index in [9.17, 15) is 4.39 Å². The molecule has 104 valence electrons. The highest BCUT2D eigenvalue weighted by Gasteiger charge is 2.16. The first-order valence-corrected chi connectivity index (χ1v) is 6.67. The zero-order valence-corrected chi connectivity index (χ0v) is 11.3. The second-order valence-corrected chi connectivity index (χ2v) is 4.87. The molecule has 0 bridgehead atoms. The summed E-state index contributed by atoms with van der Waals surface area (Å²) in [7, 11) is 0. The van der Waals surface area contributed by atoms with Crippen molar-refractivity contribution in [2.45, 2.75) is 25.3 Å². The van der Waals surface area contributed by atoms with E-state index >= 15 is 0 Å². The largest absolute Gasteiger partial charge is 0.492 e. The maximum atomic E-state index is 13.1. The summed E-state index contributed by atoms with van der Waals surface area (Å²) < 4.78 is 18.5. The number of rotatable bonds is 5. The van der Waals surface area contributed by atoms with Gasteiger partial charge >= 0.3 is 0 Å². The van der Waals surface area contributed by atoms with Crippen molar-refractivity contribution in [3.05, 3.63) is 29.0 Å². The maximum absolute atomic E-state index is 13.1. The van der Waals surface area contributed by atoms with E-state index in [0.717, 1.165) is 12.8 Å². The van der Waals surface area contributed by atoms with Crippen LogP contribution in [-0.2, 0) is 0 Å². The van der Waals surface area contributed by atoms with E-state index in [1.165, 1.54) is 18.6 Å². The van der Waals surface area contributed by atoms with Crippen LogP contribution in [0.1, 0.15) is 19.3 Å². The van der Waals surface area contributed by atoms with Crippen LogP contribution in [0.4, 0.5) is 4.39 Å². The van der Waals surface area contributed by atoms with E-state index in [2.05, 4.69) is 10.3 Å². The van der Waals surface area contributed by atoms with Gasteiger partial charge in [0.15, 0.2) is 5.96 Å². The Labute approximate surface area is 116 Å². The Morgan fingerprint density at radius 1 is 1.53 bits per heavy atom. The van der Waals surface area contributed by atoms with Crippen LogP contribution < -0.4 is 15.8 Å². The van der Waals surface area contributed by atoms with Crippen molar-refractivity contribution in [2.75, 3.05) is 13.2 Å². The molecule has 0 aliphatic heterocycles. The Hall–Kier alpha value is -1.49. The number of ether oxygens (including phenoxy) is 1. The molecule has 1 aliphatic carbocycles. The maximum Gasteiger partial charge on any atom is 0.188 e. The van der Waals surface area contributed by atoms with Crippen LogP contribution in [0.2, 0.25) is 5.02 Å². The lowest BCUT2D eigenvalue weighted by Gasteiger charge is -2.26. The average Bonchev–Trinajstić information content (AvgIpc) is 2.34. The predicted molar refractivity (Wildman–Crippen MR) is 74.2 cm³/mol. The van der Waals surface area contributed by atoms with Crippen molar-refractivity contribution in [1.29, 1.82) is 0 Å². The molecule has 19 heavy (non-hydrogen) atoms. The fourth-order valence-corrected chi connectivity index (χ4v) is 1.82. The molecular formula is C13H17ClFN3O. The standard InChI is InChI=1S/C13H17ClFN3O/c14-11-5-4-10(8-12(11)15)19-7-6-17-13(16)18-9-2-1-3-9/h4-5,8-9H,1-3,6-7H2,(H3,16,17,18). The van der Waals surface area contributed by atoms with Gasteiger partial charge in [0, 0.05) is 12.1 Å². The SMILES string of the molecule is NC(=NCCOc1ccc(Cl)c(F)c1)NC1CCC1. The van der Waals surface area contributed by atoms with Gasteiger partial charge in [0.1, 0.15) is 18.2 Å². The number of nitrogens with zero attached hydrogens (tertiary/aromatic N) is 1. The molecule has 2 rings (SSSR count). The molecule has 0 amide bonds. The highest BCUT2D eigenvalue weighted by Crippen LogP contribution is 2.20. The summed E-state index contributed by atoms with van der Waals surface area (Å²) in [6.45, 7) is 0.768. The van der Waals surface area contributed by atoms with Gasteiger partial charge in [-0.3, -0.25) is 0 Å². The predicted octanol–water partition coefficient (Wildman–Crippen LogP) is 2.31. The molecule has 0 radical (unpaired) electrons. The monoisotopic (exact) mass is 285 g/mol. The van der Waals surface area contributed by atoms with Crippen molar-refractivity contribution in [1.82, 2.24) is 5.32 Å². The zero-order chi connectivity index (χ0) is 13.7. The van der Waals surface area contributed by atoms with E-state index in [1.54, 1.807) is 6.07 Å². The number of nitrogens with one attached hydrogen (secondary N) is 1. The molecule has 1 fully saturated rings. The minimum atomic E-state index is -0.492. The Balaban J connectivity index is 1.70. The summed E-state index contributed by atoms with van der Waals surface area (Å²) in [6.07, 6.45) is 3.55. The van der Waals surface area contributed by atoms with Crippen molar-refractivity contribution in [3.8, 4) is 5.75 Å². The van der Waals surface area contributed by atoms with Crippen LogP contribution in [-0.4, -0.2) is 25.2 Å². The molecular weight excluding hydrogens is 269 g/mol. The zero-order valence-electron chi connectivity index (χ0n) is 10.5. The van der Waals surface area contributed by atoms with Gasteiger partial charge in [-0.05, 0) is 31.4 Å². The lowest BCUT2D eigenvalue weighted by atomic mass is 9.93. The Morgan fingerprint density at radius 3 is 2.95 bits per heavy atom. The summed E-state index contributed by atoms with van der Waals surface area (Å²) in [5.41, 5.74) is 5.71. The number of hydrogen-bond acceptors (Lipinski definition) is 2. The lowest BCUT2D eigenvalue weighted by molar-refractivity contribution is 0.326. The minimum Gasteiger partial charge on any atom is -0.492 e. The fraction of sp³-hybridized carbons (Fsp3) is 0.462. The van der Waals surface area contributed by atoms with Gasteiger partial charge in [0.25, 0.3) is 0 Å². The molecule has 1 saturated carbocycles. The molecule has 0 saturated heterocycles. The fourth-order valence-electron chi connectivity index (χ4n) is 1.70. The van der Waals surface area contributed by atoms with Gasteiger partial charge in [-0.1, -0.05) is 11.6 Å². The van der Waals surface area contributed by atoms with Gasteiger partial charge in [0.2, 0.25) is 0 Å². The van der Waals surface area contributed by atoms with Crippen LogP contribution in [0.5, 0.6) is 5.75 Å². The first-order chi connectivity index (χ1) is 9.15. The van der Waals surface area contributed by atoms with E-state index in [1.807, 2.05) is 0 Å². The summed E-state index contributed by atoms with van der Waals surface area (Å²) in [5, 5.41) is 3.21. The summed E-state index contributed by atoms with van der Waals surface area (Å²) in [6, 6.07) is 4.80. The van der Waals surface area contributed by atoms with Crippen LogP contribution >= 0.6 is 11.6 Å². The van der Waals surface area contributed by atoms with E-state index < -0.39 is 5.82 Å². The van der Waals surface area contributed by atoms with Crippen molar-refractivity contribution >= 4 is 17.6 Å². The molecule has 4 nitrogen and oxygen atoms in total. The highest BCUT2D eigenvalue weighted by atomic mass is 35.5. The second kappa shape index (κ2) is 6.61. The smallest absolute Gasteiger partial charge is 0.188 e. The average molecular weight is 286 g/mol. The molecule has 1 aliphatic rings. The van der Waals surface area contributed by atoms with Crippen LogP contribution in [0.25, 0.3) is 0 Å². The lowest BCUT2D eigenvalue weighted by Crippen LogP contribution is -2.43. The molecule has 0 atom stereocenters. The number of halogens is 2. The van der Waals surface area contributed by atoms with E-state index in [0.29, 0.717) is 30.9 Å². The molecule has 0 heterocycles. The third-order valence-corrected chi connectivity index (χ3v) is 3.30. The van der Waals surface area contributed by atoms with Crippen molar-refractivity contribution in [3.63, 3.8) is 0 Å². The number of guanidine groups is 1. The molecule has 3 N–H and O–H groups in total. The highest BCUT2D eigenvalue weighted by molar-refractivity contribution is 6.30. The van der Waals surface area contributed by atoms with Crippen molar-refractivity contribution in [2.24, 2.45) is 10.7 Å². The van der Waals surface area contributed by atoms with Gasteiger partial charge in [-0.2, -0.15) is 0 Å². The number of nitrogens with two attached hydrogens (primary N) is 1. The first kappa shape index (κ1) is 13.9. The third-order valence-electron chi connectivity index (χ3n) is 2.99. The Morgan fingerprint density at radius 2 is 2.32 bits per heavy atom. The molecule has 6 heteroatoms.